The van der Waals surface area contributed by atoms with Gasteiger partial charge in [0.15, 0.2) is 0 Å². The maximum Gasteiger partial charge on any atom is 0.262 e. The largest absolute Gasteiger partial charge is 0.356 e. The average molecular weight is 495 g/mol. The lowest BCUT2D eigenvalue weighted by molar-refractivity contribution is -0.000617. The maximum atomic E-state index is 14.2. The number of piperazine rings is 1. The molecule has 0 amide bonds. The number of halogens is 4. The normalized spacial score (nSPS) is 26.5. The van der Waals surface area contributed by atoms with Crippen molar-refractivity contribution in [2.75, 3.05) is 37.6 Å². The molecule has 2 aromatic rings. The first-order valence-corrected chi connectivity index (χ1v) is 12.6. The van der Waals surface area contributed by atoms with Crippen LogP contribution < -0.4 is 4.90 Å². The average Bonchev–Trinajstić information content (AvgIpc) is 3.11. The Morgan fingerprint density at radius 1 is 0.970 bits per heavy atom. The van der Waals surface area contributed by atoms with Gasteiger partial charge >= 0.3 is 0 Å². The van der Waals surface area contributed by atoms with Crippen LogP contribution >= 0.6 is 23.2 Å². The summed E-state index contributed by atoms with van der Waals surface area (Å²) in [6.45, 7) is 3.18. The zero-order valence-corrected chi connectivity index (χ0v) is 20.2. The first-order valence-electron chi connectivity index (χ1n) is 11.8. The molecule has 3 aliphatic rings. The second kappa shape index (κ2) is 9.65. The second-order valence-electron chi connectivity index (χ2n) is 9.71. The standard InChI is InChI=1S/C25H30Cl2F2N4/c26-19-4-1-18(2-5-19)3-6-22-15-32-17-25(28,29)14-23(32)16-33(22)21-8-11-31(12-9-21)24-13-20(27)7-10-30-24/h1-2,4-5,7,10,13,21-23H,3,6,8-9,11-12,14-17H2/t22-,23-/m0/s1. The summed E-state index contributed by atoms with van der Waals surface area (Å²) in [5.41, 5.74) is 1.25. The summed E-state index contributed by atoms with van der Waals surface area (Å²) < 4.78 is 28.4. The Kier molecular flexibility index (Phi) is 6.81. The van der Waals surface area contributed by atoms with Crippen molar-refractivity contribution < 1.29 is 8.78 Å². The number of fused-ring (bicyclic) bond motifs is 1. The first kappa shape index (κ1) is 23.3. The Hall–Kier alpha value is -1.47. The Balaban J connectivity index is 1.27. The zero-order chi connectivity index (χ0) is 23.0. The van der Waals surface area contributed by atoms with Crippen LogP contribution in [0.5, 0.6) is 0 Å². The summed E-state index contributed by atoms with van der Waals surface area (Å²) in [7, 11) is 0. The third-order valence-electron chi connectivity index (χ3n) is 7.47. The lowest BCUT2D eigenvalue weighted by Gasteiger charge is -2.49. The van der Waals surface area contributed by atoms with Crippen molar-refractivity contribution in [3.05, 3.63) is 58.2 Å². The number of nitrogens with zero attached hydrogens (tertiary/aromatic N) is 4. The van der Waals surface area contributed by atoms with Crippen molar-refractivity contribution >= 4 is 29.0 Å². The number of benzene rings is 1. The Morgan fingerprint density at radius 3 is 2.45 bits per heavy atom. The molecule has 3 saturated heterocycles. The minimum Gasteiger partial charge on any atom is -0.356 e. The third kappa shape index (κ3) is 5.45. The van der Waals surface area contributed by atoms with Gasteiger partial charge in [-0.15, -0.1) is 0 Å². The molecule has 5 rings (SSSR count). The minimum atomic E-state index is -2.57. The zero-order valence-electron chi connectivity index (χ0n) is 18.6. The number of piperidine rings is 1. The van der Waals surface area contributed by atoms with Crippen molar-refractivity contribution in [3.63, 3.8) is 0 Å². The van der Waals surface area contributed by atoms with Gasteiger partial charge in [0.1, 0.15) is 5.82 Å². The summed E-state index contributed by atoms with van der Waals surface area (Å²) in [6.07, 6.45) is 5.64. The van der Waals surface area contributed by atoms with Gasteiger partial charge in [0.25, 0.3) is 5.92 Å². The van der Waals surface area contributed by atoms with Crippen molar-refractivity contribution in [3.8, 4) is 0 Å². The molecule has 0 saturated carbocycles. The van der Waals surface area contributed by atoms with E-state index >= 15 is 0 Å². The fraction of sp³-hybridized carbons (Fsp3) is 0.560. The Labute approximate surface area is 204 Å². The summed E-state index contributed by atoms with van der Waals surface area (Å²) in [5, 5.41) is 1.43. The fourth-order valence-corrected chi connectivity index (χ4v) is 6.09. The Bertz CT molecular complexity index is 950. The molecule has 3 aliphatic heterocycles. The van der Waals surface area contributed by atoms with Gasteiger partial charge in [-0.1, -0.05) is 35.3 Å². The molecule has 0 bridgehead atoms. The highest BCUT2D eigenvalue weighted by atomic mass is 35.5. The van der Waals surface area contributed by atoms with Gasteiger partial charge < -0.3 is 4.90 Å². The lowest BCUT2D eigenvalue weighted by Crippen LogP contribution is -2.60. The molecule has 0 radical (unpaired) electrons. The van der Waals surface area contributed by atoms with Gasteiger partial charge in [-0.2, -0.15) is 0 Å². The van der Waals surface area contributed by atoms with Gasteiger partial charge in [-0.3, -0.25) is 9.80 Å². The molecule has 178 valence electrons. The van der Waals surface area contributed by atoms with Gasteiger partial charge in [-0.25, -0.2) is 13.8 Å². The van der Waals surface area contributed by atoms with Gasteiger partial charge in [0.05, 0.1) is 6.54 Å². The van der Waals surface area contributed by atoms with E-state index in [1.54, 1.807) is 12.3 Å². The molecule has 2 atom stereocenters. The number of rotatable bonds is 5. The van der Waals surface area contributed by atoms with Crippen molar-refractivity contribution in [1.29, 1.82) is 0 Å². The minimum absolute atomic E-state index is 0.0152. The molecule has 4 heterocycles. The highest BCUT2D eigenvalue weighted by Gasteiger charge is 2.49. The Morgan fingerprint density at radius 2 is 1.73 bits per heavy atom. The summed E-state index contributed by atoms with van der Waals surface area (Å²) in [4.78, 5) is 11.3. The molecule has 0 spiro atoms. The van der Waals surface area contributed by atoms with E-state index in [1.165, 1.54) is 5.56 Å². The van der Waals surface area contributed by atoms with Crippen LogP contribution in [0.25, 0.3) is 0 Å². The predicted octanol–water partition coefficient (Wildman–Crippen LogP) is 5.38. The molecule has 8 heteroatoms. The molecule has 0 N–H and O–H groups in total. The molecule has 4 nitrogen and oxygen atoms in total. The van der Waals surface area contributed by atoms with Crippen LogP contribution in [-0.4, -0.2) is 71.6 Å². The van der Waals surface area contributed by atoms with E-state index in [9.17, 15) is 8.78 Å². The number of aryl methyl sites for hydroxylation is 1. The highest BCUT2D eigenvalue weighted by molar-refractivity contribution is 6.31. The van der Waals surface area contributed by atoms with E-state index in [1.807, 2.05) is 23.1 Å². The van der Waals surface area contributed by atoms with Crippen LogP contribution in [0.1, 0.15) is 31.2 Å². The van der Waals surface area contributed by atoms with Gasteiger partial charge in [-0.05, 0) is 55.5 Å². The van der Waals surface area contributed by atoms with Crippen molar-refractivity contribution in [2.45, 2.75) is 56.2 Å². The van der Waals surface area contributed by atoms with Crippen LogP contribution in [0.2, 0.25) is 10.0 Å². The van der Waals surface area contributed by atoms with Crippen LogP contribution in [0.3, 0.4) is 0 Å². The molecule has 3 fully saturated rings. The molecule has 0 aliphatic carbocycles. The summed E-state index contributed by atoms with van der Waals surface area (Å²) >= 11 is 12.2. The SMILES string of the molecule is FC1(F)C[C@H]2CN(C3CCN(c4cc(Cl)ccn4)CC3)[C@@H](CCc3ccc(Cl)cc3)CN2C1. The third-order valence-corrected chi connectivity index (χ3v) is 7.95. The van der Waals surface area contributed by atoms with Crippen LogP contribution in [0, 0.1) is 0 Å². The second-order valence-corrected chi connectivity index (χ2v) is 10.6. The molecule has 1 aromatic carbocycles. The fourth-order valence-electron chi connectivity index (χ4n) is 5.81. The number of hydrogen-bond donors (Lipinski definition) is 0. The number of aromatic nitrogens is 1. The van der Waals surface area contributed by atoms with Gasteiger partial charge in [0.2, 0.25) is 0 Å². The molecular weight excluding hydrogens is 465 g/mol. The molecule has 0 unspecified atom stereocenters. The van der Waals surface area contributed by atoms with Crippen LogP contribution in [0.15, 0.2) is 42.6 Å². The molecular formula is C25H30Cl2F2N4. The van der Waals surface area contributed by atoms with E-state index < -0.39 is 5.92 Å². The number of anilines is 1. The van der Waals surface area contributed by atoms with E-state index in [2.05, 4.69) is 26.9 Å². The summed E-state index contributed by atoms with van der Waals surface area (Å²) in [6, 6.07) is 12.3. The van der Waals surface area contributed by atoms with Crippen molar-refractivity contribution in [1.82, 2.24) is 14.8 Å². The van der Waals surface area contributed by atoms with E-state index in [4.69, 9.17) is 23.2 Å². The quantitative estimate of drug-likeness (QED) is 0.555. The van der Waals surface area contributed by atoms with Crippen LogP contribution in [0.4, 0.5) is 14.6 Å². The number of pyridine rings is 1. The summed E-state index contributed by atoms with van der Waals surface area (Å²) in [5.74, 6) is -1.65. The highest BCUT2D eigenvalue weighted by Crippen LogP contribution is 2.37. The molecule has 1 aromatic heterocycles. The maximum absolute atomic E-state index is 14.2. The predicted molar refractivity (Wildman–Crippen MR) is 130 cm³/mol. The van der Waals surface area contributed by atoms with Gasteiger partial charge in [0, 0.05) is 67.0 Å². The van der Waals surface area contributed by atoms with E-state index in [0.717, 1.165) is 62.7 Å². The van der Waals surface area contributed by atoms with Crippen LogP contribution in [-0.2, 0) is 6.42 Å². The number of alkyl halides is 2. The molecule has 33 heavy (non-hydrogen) atoms. The van der Waals surface area contributed by atoms with E-state index in [0.29, 0.717) is 11.1 Å². The first-order chi connectivity index (χ1) is 15.9. The topological polar surface area (TPSA) is 22.6 Å². The monoisotopic (exact) mass is 494 g/mol. The van der Waals surface area contributed by atoms with Crippen molar-refractivity contribution in [2.24, 2.45) is 0 Å². The lowest BCUT2D eigenvalue weighted by atomic mass is 9.94. The number of hydrogen-bond acceptors (Lipinski definition) is 4. The van der Waals surface area contributed by atoms with E-state index in [-0.39, 0.29) is 25.0 Å². The smallest absolute Gasteiger partial charge is 0.262 e.